The molecule has 0 atom stereocenters. The van der Waals surface area contributed by atoms with Gasteiger partial charge in [-0.3, -0.25) is 9.78 Å². The highest BCUT2D eigenvalue weighted by atomic mass is 19.4. The fourth-order valence-electron chi connectivity index (χ4n) is 2.99. The lowest BCUT2D eigenvalue weighted by Gasteiger charge is -2.17. The Morgan fingerprint density at radius 2 is 1.75 bits per heavy atom. The highest BCUT2D eigenvalue weighted by molar-refractivity contribution is 6.01. The van der Waals surface area contributed by atoms with Crippen LogP contribution < -0.4 is 4.90 Å². The van der Waals surface area contributed by atoms with Gasteiger partial charge in [-0.2, -0.15) is 13.2 Å². The third kappa shape index (κ3) is 3.42. The number of nitrogens with zero attached hydrogens (tertiary/aromatic N) is 4. The Labute approximate surface area is 156 Å². The summed E-state index contributed by atoms with van der Waals surface area (Å²) in [7, 11) is 0. The van der Waals surface area contributed by atoms with Crippen LogP contribution in [0.1, 0.15) is 17.1 Å². The molecule has 0 spiro atoms. The second kappa shape index (κ2) is 6.66. The summed E-state index contributed by atoms with van der Waals surface area (Å²) in [6, 6.07) is 6.51. The molecule has 3 heterocycles. The van der Waals surface area contributed by atoms with E-state index in [0.717, 1.165) is 24.5 Å². The molecule has 9 heteroatoms. The van der Waals surface area contributed by atoms with Crippen LogP contribution in [-0.4, -0.2) is 20.9 Å². The summed E-state index contributed by atoms with van der Waals surface area (Å²) in [6.45, 7) is 0.0137. The first-order chi connectivity index (χ1) is 13.3. The van der Waals surface area contributed by atoms with Crippen molar-refractivity contribution in [1.29, 1.82) is 0 Å². The van der Waals surface area contributed by atoms with Crippen LogP contribution in [0.3, 0.4) is 0 Å². The van der Waals surface area contributed by atoms with Gasteiger partial charge in [-0.1, -0.05) is 12.1 Å². The third-order valence-electron chi connectivity index (χ3n) is 4.35. The van der Waals surface area contributed by atoms with Crippen LogP contribution in [-0.2, 0) is 23.9 Å². The minimum atomic E-state index is -4.46. The summed E-state index contributed by atoms with van der Waals surface area (Å²) in [5.74, 6) is -0.589. The highest BCUT2D eigenvalue weighted by Gasteiger charge is 2.32. The molecule has 142 valence electrons. The molecule has 5 nitrogen and oxygen atoms in total. The summed E-state index contributed by atoms with van der Waals surface area (Å²) in [5.41, 5.74) is 1.01. The van der Waals surface area contributed by atoms with Gasteiger partial charge in [0.15, 0.2) is 5.82 Å². The first-order valence-electron chi connectivity index (χ1n) is 8.24. The summed E-state index contributed by atoms with van der Waals surface area (Å²) in [4.78, 5) is 25.7. The van der Waals surface area contributed by atoms with Gasteiger partial charge in [0.05, 0.1) is 42.3 Å². The van der Waals surface area contributed by atoms with E-state index in [0.29, 0.717) is 22.5 Å². The van der Waals surface area contributed by atoms with E-state index in [2.05, 4.69) is 15.0 Å². The van der Waals surface area contributed by atoms with Gasteiger partial charge >= 0.3 is 6.18 Å². The van der Waals surface area contributed by atoms with Gasteiger partial charge in [0.2, 0.25) is 5.91 Å². The average Bonchev–Trinajstić information content (AvgIpc) is 2.97. The molecule has 1 aliphatic rings. The number of hydrogen-bond donors (Lipinski definition) is 0. The highest BCUT2D eigenvalue weighted by Crippen LogP contribution is 2.35. The lowest BCUT2D eigenvalue weighted by molar-refractivity contribution is -0.137. The number of fused-ring (bicyclic) bond motifs is 1. The van der Waals surface area contributed by atoms with Gasteiger partial charge in [0.1, 0.15) is 5.82 Å². The van der Waals surface area contributed by atoms with E-state index in [1.807, 2.05) is 0 Å². The number of amides is 1. The summed E-state index contributed by atoms with van der Waals surface area (Å²) in [6.07, 6.45) is -0.941. The number of pyridine rings is 1. The standard InChI is InChI=1S/C19H12F4N4O/c20-14-8-25-17(26-9-14)10-27-16-5-12(7-24-15(16)6-18(27)28)11-2-1-3-13(4-11)19(21,22)23/h1-5,7-9H,6,10H2. The van der Waals surface area contributed by atoms with Crippen LogP contribution in [0.4, 0.5) is 23.2 Å². The minimum Gasteiger partial charge on any atom is -0.303 e. The predicted molar refractivity (Wildman–Crippen MR) is 91.6 cm³/mol. The first-order valence-corrected chi connectivity index (χ1v) is 8.24. The van der Waals surface area contributed by atoms with E-state index in [1.165, 1.54) is 17.2 Å². The smallest absolute Gasteiger partial charge is 0.303 e. The zero-order valence-electron chi connectivity index (χ0n) is 14.2. The number of benzene rings is 1. The molecule has 28 heavy (non-hydrogen) atoms. The van der Waals surface area contributed by atoms with E-state index in [-0.39, 0.29) is 24.7 Å². The Bertz CT molecular complexity index is 1050. The Morgan fingerprint density at radius 3 is 2.46 bits per heavy atom. The normalized spacial score (nSPS) is 13.7. The molecular formula is C19H12F4N4O. The molecule has 1 aliphatic heterocycles. The monoisotopic (exact) mass is 388 g/mol. The van der Waals surface area contributed by atoms with Crippen molar-refractivity contribution in [2.75, 3.05) is 4.90 Å². The number of anilines is 1. The van der Waals surface area contributed by atoms with E-state index in [1.54, 1.807) is 12.1 Å². The fourth-order valence-corrected chi connectivity index (χ4v) is 2.99. The van der Waals surface area contributed by atoms with Crippen LogP contribution in [0, 0.1) is 5.82 Å². The van der Waals surface area contributed by atoms with Crippen LogP contribution in [0.5, 0.6) is 0 Å². The largest absolute Gasteiger partial charge is 0.416 e. The number of carbonyl (C=O) groups excluding carboxylic acids is 1. The van der Waals surface area contributed by atoms with Crippen molar-refractivity contribution in [3.8, 4) is 11.1 Å². The molecule has 1 aromatic carbocycles. The lowest BCUT2D eigenvalue weighted by Crippen LogP contribution is -2.27. The van der Waals surface area contributed by atoms with Crippen molar-refractivity contribution >= 4 is 11.6 Å². The molecular weight excluding hydrogens is 376 g/mol. The second-order valence-electron chi connectivity index (χ2n) is 6.24. The topological polar surface area (TPSA) is 59.0 Å². The molecule has 0 N–H and O–H groups in total. The number of halogens is 4. The molecule has 2 aromatic heterocycles. The van der Waals surface area contributed by atoms with Gasteiger partial charge in [-0.25, -0.2) is 14.4 Å². The molecule has 0 bridgehead atoms. The summed E-state index contributed by atoms with van der Waals surface area (Å²) in [5, 5.41) is 0. The molecule has 3 aromatic rings. The van der Waals surface area contributed by atoms with Crippen molar-refractivity contribution in [2.45, 2.75) is 19.1 Å². The molecule has 4 rings (SSSR count). The Morgan fingerprint density at radius 1 is 1.00 bits per heavy atom. The van der Waals surface area contributed by atoms with E-state index >= 15 is 0 Å². The lowest BCUT2D eigenvalue weighted by atomic mass is 10.0. The van der Waals surface area contributed by atoms with Gasteiger partial charge in [0.25, 0.3) is 0 Å². The number of rotatable bonds is 3. The van der Waals surface area contributed by atoms with E-state index < -0.39 is 17.6 Å². The maximum Gasteiger partial charge on any atom is 0.416 e. The number of carbonyl (C=O) groups is 1. The molecule has 0 saturated heterocycles. The van der Waals surface area contributed by atoms with Crippen LogP contribution >= 0.6 is 0 Å². The van der Waals surface area contributed by atoms with Crippen molar-refractivity contribution in [2.24, 2.45) is 0 Å². The molecule has 0 aliphatic carbocycles. The average molecular weight is 388 g/mol. The molecule has 0 fully saturated rings. The second-order valence-corrected chi connectivity index (χ2v) is 6.24. The Hall–Kier alpha value is -3.36. The summed E-state index contributed by atoms with van der Waals surface area (Å²) < 4.78 is 51.9. The molecule has 1 amide bonds. The van der Waals surface area contributed by atoms with E-state index in [4.69, 9.17) is 0 Å². The van der Waals surface area contributed by atoms with Gasteiger partial charge in [-0.05, 0) is 23.8 Å². The minimum absolute atomic E-state index is 0.0137. The Kier molecular flexibility index (Phi) is 4.29. The van der Waals surface area contributed by atoms with Crippen LogP contribution in [0.2, 0.25) is 0 Å². The maximum absolute atomic E-state index is 13.0. The third-order valence-corrected chi connectivity index (χ3v) is 4.35. The van der Waals surface area contributed by atoms with Crippen molar-refractivity contribution in [3.05, 3.63) is 71.8 Å². The first kappa shape index (κ1) is 18.0. The van der Waals surface area contributed by atoms with Crippen LogP contribution in [0.15, 0.2) is 48.9 Å². The maximum atomic E-state index is 13.0. The molecule has 0 unspecified atom stereocenters. The number of hydrogen-bond acceptors (Lipinski definition) is 4. The van der Waals surface area contributed by atoms with Crippen molar-refractivity contribution in [3.63, 3.8) is 0 Å². The molecule has 0 saturated carbocycles. The zero-order chi connectivity index (χ0) is 19.9. The fraction of sp³-hybridized carbons (Fsp3) is 0.158. The van der Waals surface area contributed by atoms with Gasteiger partial charge < -0.3 is 4.90 Å². The van der Waals surface area contributed by atoms with Crippen molar-refractivity contribution < 1.29 is 22.4 Å². The summed E-state index contributed by atoms with van der Waals surface area (Å²) >= 11 is 0. The van der Waals surface area contributed by atoms with E-state index in [9.17, 15) is 22.4 Å². The number of aromatic nitrogens is 3. The predicted octanol–water partition coefficient (Wildman–Crippen LogP) is 3.79. The van der Waals surface area contributed by atoms with Gasteiger partial charge in [0, 0.05) is 11.8 Å². The molecule has 0 radical (unpaired) electrons. The quantitative estimate of drug-likeness (QED) is 0.641. The number of alkyl halides is 3. The van der Waals surface area contributed by atoms with Crippen LogP contribution in [0.25, 0.3) is 11.1 Å². The van der Waals surface area contributed by atoms with Crippen molar-refractivity contribution in [1.82, 2.24) is 15.0 Å². The zero-order valence-corrected chi connectivity index (χ0v) is 14.2. The Balaban J connectivity index is 1.69. The van der Waals surface area contributed by atoms with Gasteiger partial charge in [-0.15, -0.1) is 0 Å². The SMILES string of the molecule is O=C1Cc2ncc(-c3cccc(C(F)(F)F)c3)cc2N1Cc1ncc(F)cn1.